The van der Waals surface area contributed by atoms with Crippen molar-refractivity contribution in [2.45, 2.75) is 40.3 Å². The number of amides is 1. The Bertz CT molecular complexity index is 1190. The van der Waals surface area contributed by atoms with Crippen molar-refractivity contribution >= 4 is 34.3 Å². The van der Waals surface area contributed by atoms with E-state index in [1.807, 2.05) is 13.0 Å². The minimum absolute atomic E-state index is 0.165. The molecule has 4 rings (SSSR count). The van der Waals surface area contributed by atoms with Crippen LogP contribution in [0.3, 0.4) is 0 Å². The summed E-state index contributed by atoms with van der Waals surface area (Å²) >= 11 is 0. The molecule has 0 aliphatic carbocycles. The number of esters is 1. The van der Waals surface area contributed by atoms with Crippen LogP contribution in [0.4, 0.5) is 11.4 Å². The zero-order chi connectivity index (χ0) is 23.5. The van der Waals surface area contributed by atoms with Crippen LogP contribution < -0.4 is 10.6 Å². The number of methoxy groups -OCH3 is 1. The number of fused-ring (bicyclic) bond motifs is 1. The number of aromatic nitrogens is 2. The van der Waals surface area contributed by atoms with Crippen LogP contribution in [0.25, 0.3) is 11.0 Å². The highest BCUT2D eigenvalue weighted by atomic mass is 16.5. The zero-order valence-corrected chi connectivity index (χ0v) is 19.5. The molecule has 3 heterocycles. The number of hydrogen-bond acceptors (Lipinski definition) is 6. The van der Waals surface area contributed by atoms with E-state index in [9.17, 15) is 9.59 Å². The number of carbonyl (C=O) groups is 2. The van der Waals surface area contributed by atoms with Gasteiger partial charge in [0.15, 0.2) is 5.69 Å². The van der Waals surface area contributed by atoms with Gasteiger partial charge in [-0.05, 0) is 44.4 Å². The van der Waals surface area contributed by atoms with Gasteiger partial charge < -0.3 is 24.7 Å². The van der Waals surface area contributed by atoms with Crippen molar-refractivity contribution in [3.05, 3.63) is 52.8 Å². The lowest BCUT2D eigenvalue weighted by molar-refractivity contribution is -0.119. The third kappa shape index (κ3) is 4.57. The van der Waals surface area contributed by atoms with Gasteiger partial charge in [0.05, 0.1) is 37.2 Å². The highest BCUT2D eigenvalue weighted by Crippen LogP contribution is 2.33. The van der Waals surface area contributed by atoms with E-state index in [0.717, 1.165) is 5.69 Å². The van der Waals surface area contributed by atoms with Crippen molar-refractivity contribution < 1.29 is 19.1 Å². The quantitative estimate of drug-likeness (QED) is 0.528. The molecule has 1 atom stereocenters. The zero-order valence-electron chi connectivity index (χ0n) is 19.5. The molecule has 1 saturated heterocycles. The van der Waals surface area contributed by atoms with Crippen molar-refractivity contribution in [3.8, 4) is 0 Å². The van der Waals surface area contributed by atoms with E-state index in [1.54, 1.807) is 10.8 Å². The number of benzene rings is 1. The van der Waals surface area contributed by atoms with Gasteiger partial charge in [-0.2, -0.15) is 0 Å². The Morgan fingerprint density at radius 2 is 2.09 bits per heavy atom. The molecule has 3 aromatic rings. The second-order valence-electron chi connectivity index (χ2n) is 8.39. The number of nitrogens with zero attached hydrogens (tertiary/aromatic N) is 2. The molecule has 8 nitrogen and oxygen atoms in total. The number of nitrogens with one attached hydrogen (secondary N) is 2. The van der Waals surface area contributed by atoms with Gasteiger partial charge in [-0.3, -0.25) is 4.79 Å². The van der Waals surface area contributed by atoms with Crippen molar-refractivity contribution in [2.75, 3.05) is 31.0 Å². The van der Waals surface area contributed by atoms with E-state index >= 15 is 0 Å². The van der Waals surface area contributed by atoms with Crippen LogP contribution in [0.2, 0.25) is 0 Å². The first-order valence-electron chi connectivity index (χ1n) is 11.2. The molecule has 0 spiro atoms. The molecular weight excluding hydrogens is 420 g/mol. The molecule has 2 aromatic heterocycles. The third-order valence-corrected chi connectivity index (χ3v) is 6.12. The van der Waals surface area contributed by atoms with Gasteiger partial charge in [0.1, 0.15) is 5.65 Å². The molecule has 1 amide bonds. The summed E-state index contributed by atoms with van der Waals surface area (Å²) in [6.07, 6.45) is 2.41. The molecule has 2 N–H and O–H groups in total. The fourth-order valence-electron chi connectivity index (χ4n) is 4.27. The first-order valence-corrected chi connectivity index (χ1v) is 11.2. The third-order valence-electron chi connectivity index (χ3n) is 6.12. The molecular formula is C25H30N4O4. The molecule has 174 valence electrons. The summed E-state index contributed by atoms with van der Waals surface area (Å²) in [5.41, 5.74) is 5.77. The summed E-state index contributed by atoms with van der Waals surface area (Å²) in [5, 5.41) is 7.08. The number of aryl methyl sites for hydroxylation is 3. The summed E-state index contributed by atoms with van der Waals surface area (Å²) in [6.45, 7) is 8.18. The standard InChI is InChI=1S/C25H30N4O4/c1-5-29-22(25(31)32-4)21(28-24(30)18-8-9-33-14-18)20-11-19(13-27-23(20)29)26-12-17-7-6-15(2)10-16(17)3/h6-7,10-11,13,18,26H,5,8-9,12,14H2,1-4H3,(H,28,30)/t18-/m1/s1. The summed E-state index contributed by atoms with van der Waals surface area (Å²) in [6, 6.07) is 8.28. The summed E-state index contributed by atoms with van der Waals surface area (Å²) in [5.74, 6) is -0.923. The average Bonchev–Trinajstić information content (AvgIpc) is 3.45. The van der Waals surface area contributed by atoms with Crippen molar-refractivity contribution in [1.29, 1.82) is 0 Å². The minimum Gasteiger partial charge on any atom is -0.464 e. The fraction of sp³-hybridized carbons (Fsp3) is 0.400. The van der Waals surface area contributed by atoms with Crippen molar-refractivity contribution in [1.82, 2.24) is 9.55 Å². The lowest BCUT2D eigenvalue weighted by Gasteiger charge is -2.12. The van der Waals surface area contributed by atoms with Crippen molar-refractivity contribution in [3.63, 3.8) is 0 Å². The van der Waals surface area contributed by atoms with Gasteiger partial charge in [0.2, 0.25) is 5.91 Å². The molecule has 0 unspecified atom stereocenters. The SMILES string of the molecule is CCn1c(C(=O)OC)c(NC(=O)[C@@H]2CCOC2)c2cc(NCc3ccc(C)cc3C)cnc21. The smallest absolute Gasteiger partial charge is 0.356 e. The Labute approximate surface area is 193 Å². The van der Waals surface area contributed by atoms with Crippen LogP contribution in [0, 0.1) is 19.8 Å². The van der Waals surface area contributed by atoms with Crippen LogP contribution in [0.5, 0.6) is 0 Å². The van der Waals surface area contributed by atoms with E-state index in [4.69, 9.17) is 9.47 Å². The number of rotatable bonds is 7. The minimum atomic E-state index is -0.516. The topological polar surface area (TPSA) is 94.5 Å². The lowest BCUT2D eigenvalue weighted by Crippen LogP contribution is -2.24. The Hall–Kier alpha value is -3.39. The molecule has 1 fully saturated rings. The predicted octanol–water partition coefficient (Wildman–Crippen LogP) is 4.05. The van der Waals surface area contributed by atoms with Crippen LogP contribution in [0.1, 0.15) is 40.5 Å². The van der Waals surface area contributed by atoms with Crippen LogP contribution in [0.15, 0.2) is 30.5 Å². The van der Waals surface area contributed by atoms with Gasteiger partial charge in [0, 0.05) is 25.1 Å². The molecule has 33 heavy (non-hydrogen) atoms. The van der Waals surface area contributed by atoms with Crippen molar-refractivity contribution in [2.24, 2.45) is 5.92 Å². The maximum atomic E-state index is 12.9. The molecule has 8 heteroatoms. The number of pyridine rings is 1. The van der Waals surface area contributed by atoms with E-state index < -0.39 is 5.97 Å². The largest absolute Gasteiger partial charge is 0.464 e. The fourth-order valence-corrected chi connectivity index (χ4v) is 4.27. The van der Waals surface area contributed by atoms with Crippen LogP contribution >= 0.6 is 0 Å². The van der Waals surface area contributed by atoms with E-state index in [1.165, 1.54) is 23.8 Å². The van der Waals surface area contributed by atoms with E-state index in [0.29, 0.717) is 55.1 Å². The maximum absolute atomic E-state index is 12.9. The second kappa shape index (κ2) is 9.62. The Balaban J connectivity index is 1.71. The highest BCUT2D eigenvalue weighted by Gasteiger charge is 2.29. The maximum Gasteiger partial charge on any atom is 0.356 e. The summed E-state index contributed by atoms with van der Waals surface area (Å²) in [4.78, 5) is 30.2. The first-order chi connectivity index (χ1) is 15.9. The molecule has 0 saturated carbocycles. The molecule has 1 aromatic carbocycles. The Morgan fingerprint density at radius 3 is 2.76 bits per heavy atom. The van der Waals surface area contributed by atoms with Gasteiger partial charge in [-0.1, -0.05) is 23.8 Å². The number of ether oxygens (including phenoxy) is 2. The number of carbonyl (C=O) groups excluding carboxylic acids is 2. The van der Waals surface area contributed by atoms with Gasteiger partial charge >= 0.3 is 5.97 Å². The van der Waals surface area contributed by atoms with Gasteiger partial charge in [0.25, 0.3) is 0 Å². The van der Waals surface area contributed by atoms with Gasteiger partial charge in [-0.25, -0.2) is 9.78 Å². The van der Waals surface area contributed by atoms with E-state index in [-0.39, 0.29) is 11.8 Å². The van der Waals surface area contributed by atoms with Crippen LogP contribution in [-0.2, 0) is 27.4 Å². The number of anilines is 2. The first kappa shape index (κ1) is 22.8. The van der Waals surface area contributed by atoms with Crippen LogP contribution in [-0.4, -0.2) is 41.8 Å². The molecule has 1 aliphatic rings. The van der Waals surface area contributed by atoms with Gasteiger partial charge in [-0.15, -0.1) is 0 Å². The highest BCUT2D eigenvalue weighted by molar-refractivity contribution is 6.11. The lowest BCUT2D eigenvalue weighted by atomic mass is 10.1. The average molecular weight is 451 g/mol. The monoisotopic (exact) mass is 450 g/mol. The summed E-state index contributed by atoms with van der Waals surface area (Å²) in [7, 11) is 1.33. The number of hydrogen-bond donors (Lipinski definition) is 2. The Morgan fingerprint density at radius 1 is 1.27 bits per heavy atom. The summed E-state index contributed by atoms with van der Waals surface area (Å²) < 4.78 is 12.2. The normalized spacial score (nSPS) is 15.6. The molecule has 1 aliphatic heterocycles. The second-order valence-corrected chi connectivity index (χ2v) is 8.39. The molecule has 0 radical (unpaired) electrons. The van der Waals surface area contributed by atoms with E-state index in [2.05, 4.69) is 47.7 Å². The Kier molecular flexibility index (Phi) is 6.65. The molecule has 0 bridgehead atoms. The predicted molar refractivity (Wildman–Crippen MR) is 128 cm³/mol.